The Hall–Kier alpha value is -0.790. The van der Waals surface area contributed by atoms with Crippen LogP contribution in [-0.4, -0.2) is 12.9 Å². The molecule has 31 valence electrons. The van der Waals surface area contributed by atoms with Crippen molar-refractivity contribution in [2.24, 2.45) is 4.99 Å². The second-order valence-electron chi connectivity index (χ2n) is 0.886. The van der Waals surface area contributed by atoms with Gasteiger partial charge in [0.25, 0.3) is 0 Å². The first-order chi connectivity index (χ1) is 3.00. The van der Waals surface area contributed by atoms with Gasteiger partial charge < -0.3 is 4.74 Å². The topological polar surface area (TPSA) is 21.6 Å². The number of ether oxygens (including phenoxy) is 1. The average molecular weight is 82.1 g/mol. The Labute approximate surface area is 36.1 Å². The summed E-state index contributed by atoms with van der Waals surface area (Å²) in [7, 11) is 0. The van der Waals surface area contributed by atoms with Gasteiger partial charge in [0.1, 0.15) is 0 Å². The van der Waals surface area contributed by atoms with Crippen LogP contribution in [0.15, 0.2) is 17.3 Å². The van der Waals surface area contributed by atoms with Gasteiger partial charge in [-0.1, -0.05) is 0 Å². The maximum atomic E-state index is 4.66. The molecule has 0 aromatic rings. The molecule has 0 saturated carbocycles. The molecule has 2 nitrogen and oxygen atoms in total. The van der Waals surface area contributed by atoms with Crippen LogP contribution in [0.2, 0.25) is 0 Å². The van der Waals surface area contributed by atoms with Crippen LogP contribution < -0.4 is 0 Å². The number of allylic oxidation sites excluding steroid dienone is 1. The van der Waals surface area contributed by atoms with Gasteiger partial charge in [-0.2, -0.15) is 0 Å². The van der Waals surface area contributed by atoms with E-state index in [0.717, 1.165) is 0 Å². The molecule has 0 N–H and O–H groups in total. The third-order valence-electron chi connectivity index (χ3n) is 0.469. The molecule has 0 aromatic heterocycles. The lowest BCUT2D eigenvalue weighted by molar-refractivity contribution is 0.259. The van der Waals surface area contributed by atoms with E-state index in [2.05, 4.69) is 15.9 Å². The fourth-order valence-electron chi connectivity index (χ4n) is 0.249. The summed E-state index contributed by atoms with van der Waals surface area (Å²) in [6.07, 6.45) is 5.80. The lowest BCUT2D eigenvalue weighted by atomic mass is 10.7. The van der Waals surface area contributed by atoms with Crippen molar-refractivity contribution in [3.05, 3.63) is 12.3 Å². The molecular formula is C4H4NO. The zero-order valence-electron chi connectivity index (χ0n) is 3.22. The monoisotopic (exact) mass is 82.0 g/mol. The second-order valence-corrected chi connectivity index (χ2v) is 0.886. The quantitative estimate of drug-likeness (QED) is 0.415. The third kappa shape index (κ3) is 0.578. The highest BCUT2D eigenvalue weighted by atomic mass is 16.5. The van der Waals surface area contributed by atoms with E-state index in [1.165, 1.54) is 0 Å². The summed E-state index contributed by atoms with van der Waals surface area (Å²) in [6.45, 7) is 0.427. The first-order valence-electron chi connectivity index (χ1n) is 1.69. The smallest absolute Gasteiger partial charge is 0.178 e. The van der Waals surface area contributed by atoms with Crippen LogP contribution in [-0.2, 0) is 4.74 Å². The Morgan fingerprint density at radius 2 is 2.83 bits per heavy atom. The number of hydrogen-bond acceptors (Lipinski definition) is 2. The van der Waals surface area contributed by atoms with Gasteiger partial charge in [0, 0.05) is 6.08 Å². The number of nitrogens with zero attached hydrogens (tertiary/aromatic N) is 1. The highest BCUT2D eigenvalue weighted by Gasteiger charge is 1.77. The molecule has 1 aliphatic heterocycles. The minimum Gasteiger partial charge on any atom is -0.479 e. The molecule has 0 fully saturated rings. The molecule has 0 aliphatic carbocycles. The van der Waals surface area contributed by atoms with Crippen LogP contribution in [0.5, 0.6) is 0 Å². The van der Waals surface area contributed by atoms with Gasteiger partial charge >= 0.3 is 0 Å². The summed E-state index contributed by atoms with van der Waals surface area (Å²) in [4.78, 5) is 3.62. The molecule has 0 amide bonds. The number of aliphatic imine (C=N–C) groups is 1. The summed E-state index contributed by atoms with van der Waals surface area (Å²) in [5.41, 5.74) is 0. The minimum absolute atomic E-state index is 0.427. The van der Waals surface area contributed by atoms with Crippen molar-refractivity contribution in [3.8, 4) is 0 Å². The molecule has 0 unspecified atom stereocenters. The molecule has 2 heteroatoms. The van der Waals surface area contributed by atoms with E-state index in [1.807, 2.05) is 0 Å². The minimum atomic E-state index is 0.427. The van der Waals surface area contributed by atoms with Gasteiger partial charge in [0.2, 0.25) is 0 Å². The molecule has 1 aliphatic rings. The Balaban J connectivity index is 2.46. The third-order valence-corrected chi connectivity index (χ3v) is 0.469. The number of hydrogen-bond donors (Lipinski definition) is 0. The van der Waals surface area contributed by atoms with Crippen molar-refractivity contribution in [1.82, 2.24) is 0 Å². The Morgan fingerprint density at radius 1 is 1.83 bits per heavy atom. The molecule has 0 aromatic carbocycles. The molecular weight excluding hydrogens is 78.0 g/mol. The van der Waals surface area contributed by atoms with Crippen LogP contribution in [0, 0.1) is 0 Å². The van der Waals surface area contributed by atoms with E-state index >= 15 is 0 Å². The van der Waals surface area contributed by atoms with Crippen LogP contribution in [0.4, 0.5) is 0 Å². The van der Waals surface area contributed by atoms with Crippen molar-refractivity contribution < 1.29 is 4.74 Å². The lowest BCUT2D eigenvalue weighted by Crippen LogP contribution is -1.86. The maximum Gasteiger partial charge on any atom is 0.178 e. The lowest BCUT2D eigenvalue weighted by Gasteiger charge is -1.93. The van der Waals surface area contributed by atoms with Crippen LogP contribution in [0.1, 0.15) is 0 Å². The van der Waals surface area contributed by atoms with Crippen LogP contribution >= 0.6 is 0 Å². The summed E-state index contributed by atoms with van der Waals surface area (Å²) >= 11 is 0. The van der Waals surface area contributed by atoms with Crippen molar-refractivity contribution in [1.29, 1.82) is 0 Å². The first-order valence-corrected chi connectivity index (χ1v) is 1.69. The van der Waals surface area contributed by atoms with Crippen molar-refractivity contribution in [3.63, 3.8) is 0 Å². The van der Waals surface area contributed by atoms with Gasteiger partial charge in [-0.25, -0.2) is 4.99 Å². The van der Waals surface area contributed by atoms with Gasteiger partial charge in [-0.3, -0.25) is 0 Å². The fourth-order valence-corrected chi connectivity index (χ4v) is 0.249. The summed E-state index contributed by atoms with van der Waals surface area (Å²) in [6, 6.07) is 0. The Bertz CT molecular complexity index is 73.5. The molecule has 6 heavy (non-hydrogen) atoms. The summed E-state index contributed by atoms with van der Waals surface area (Å²) in [5.74, 6) is 0. The van der Waals surface area contributed by atoms with E-state index in [-0.39, 0.29) is 0 Å². The first kappa shape index (κ1) is 3.40. The zero-order chi connectivity index (χ0) is 4.24. The summed E-state index contributed by atoms with van der Waals surface area (Å²) in [5, 5.41) is 0. The largest absolute Gasteiger partial charge is 0.479 e. The molecule has 0 atom stereocenters. The van der Waals surface area contributed by atoms with Crippen LogP contribution in [0.3, 0.4) is 0 Å². The molecule has 1 rings (SSSR count). The van der Waals surface area contributed by atoms with Gasteiger partial charge in [0.05, 0.1) is 12.5 Å². The van der Waals surface area contributed by atoms with E-state index in [9.17, 15) is 0 Å². The zero-order valence-corrected chi connectivity index (χ0v) is 3.22. The van der Waals surface area contributed by atoms with Crippen LogP contribution in [0.25, 0.3) is 0 Å². The highest BCUT2D eigenvalue weighted by molar-refractivity contribution is 5.70. The summed E-state index contributed by atoms with van der Waals surface area (Å²) < 4.78 is 4.66. The standard InChI is InChI=1S/C4H4NO/c1-2-5-4-6-3-1/h1,3H,4H2. The number of rotatable bonds is 0. The van der Waals surface area contributed by atoms with Gasteiger partial charge in [-0.05, 0) is 0 Å². The van der Waals surface area contributed by atoms with Gasteiger partial charge in [-0.15, -0.1) is 0 Å². The second kappa shape index (κ2) is 1.60. The molecule has 1 radical (unpaired) electrons. The van der Waals surface area contributed by atoms with E-state index < -0.39 is 0 Å². The average Bonchev–Trinajstić information content (AvgIpc) is 1.72. The van der Waals surface area contributed by atoms with E-state index in [0.29, 0.717) is 6.73 Å². The molecule has 1 heterocycles. The Kier molecular flexibility index (Phi) is 0.906. The fraction of sp³-hybridized carbons (Fsp3) is 0.250. The molecule has 0 spiro atoms. The molecule has 0 bridgehead atoms. The van der Waals surface area contributed by atoms with Crippen molar-refractivity contribution in [2.75, 3.05) is 6.73 Å². The van der Waals surface area contributed by atoms with Gasteiger partial charge in [0.15, 0.2) is 6.73 Å². The SMILES string of the molecule is [C]1=NCOC=C1. The normalized spacial score (nSPS) is 17.3. The van der Waals surface area contributed by atoms with E-state index in [1.54, 1.807) is 12.3 Å². The Morgan fingerprint density at radius 3 is 3.00 bits per heavy atom. The van der Waals surface area contributed by atoms with E-state index in [4.69, 9.17) is 0 Å². The predicted molar refractivity (Wildman–Crippen MR) is 22.5 cm³/mol. The highest BCUT2D eigenvalue weighted by Crippen LogP contribution is 1.81. The van der Waals surface area contributed by atoms with Crippen molar-refractivity contribution >= 4 is 6.21 Å². The molecule has 0 saturated heterocycles. The predicted octanol–water partition coefficient (Wildman–Crippen LogP) is 0.436. The maximum absolute atomic E-state index is 4.66. The van der Waals surface area contributed by atoms with Crippen molar-refractivity contribution in [2.45, 2.75) is 0 Å².